The summed E-state index contributed by atoms with van der Waals surface area (Å²) in [6, 6.07) is 1.37. The van der Waals surface area contributed by atoms with Gasteiger partial charge in [0.15, 0.2) is 5.15 Å². The van der Waals surface area contributed by atoms with Crippen molar-refractivity contribution in [1.29, 1.82) is 0 Å². The quantitative estimate of drug-likeness (QED) is 0.793. The molecule has 0 aliphatic carbocycles. The van der Waals surface area contributed by atoms with E-state index in [-0.39, 0.29) is 10.8 Å². The van der Waals surface area contributed by atoms with Gasteiger partial charge in [-0.3, -0.25) is 4.72 Å². The van der Waals surface area contributed by atoms with Crippen molar-refractivity contribution >= 4 is 43.2 Å². The largest absolute Gasteiger partial charge is 0.389 e. The molecule has 0 amide bonds. The van der Waals surface area contributed by atoms with Crippen LogP contribution in [0, 0.1) is 0 Å². The van der Waals surface area contributed by atoms with Gasteiger partial charge in [-0.05, 0) is 28.4 Å². The molecule has 0 aliphatic rings. The van der Waals surface area contributed by atoms with E-state index >= 15 is 0 Å². The van der Waals surface area contributed by atoms with Crippen LogP contribution in [0.3, 0.4) is 0 Å². The molecule has 0 spiro atoms. The molecule has 0 atom stereocenters. The first-order valence-corrected chi connectivity index (χ1v) is 7.80. The van der Waals surface area contributed by atoms with Gasteiger partial charge in [0.1, 0.15) is 0 Å². The molecule has 4 nitrogen and oxygen atoms in total. The van der Waals surface area contributed by atoms with Crippen molar-refractivity contribution in [3.05, 3.63) is 21.9 Å². The number of nitrogens with zero attached hydrogens (tertiary/aromatic N) is 1. The number of halogens is 5. The SMILES string of the molecule is O=S(=O)(CCCC(F)(F)F)Nc1cc(Br)cnc1Cl. The van der Waals surface area contributed by atoms with Crippen molar-refractivity contribution in [3.63, 3.8) is 0 Å². The summed E-state index contributed by atoms with van der Waals surface area (Å²) in [7, 11) is -3.89. The van der Waals surface area contributed by atoms with E-state index in [0.29, 0.717) is 4.47 Å². The number of anilines is 1. The smallest absolute Gasteiger partial charge is 0.280 e. The van der Waals surface area contributed by atoms with Crippen LogP contribution in [0.25, 0.3) is 0 Å². The second-order valence-corrected chi connectivity index (χ2v) is 6.75. The van der Waals surface area contributed by atoms with E-state index in [1.807, 2.05) is 0 Å². The highest BCUT2D eigenvalue weighted by Gasteiger charge is 2.27. The molecule has 108 valence electrons. The van der Waals surface area contributed by atoms with Crippen LogP contribution in [-0.4, -0.2) is 25.3 Å². The normalized spacial score (nSPS) is 12.5. The molecule has 1 aromatic rings. The highest BCUT2D eigenvalue weighted by atomic mass is 79.9. The zero-order valence-electron chi connectivity index (χ0n) is 9.34. The molecule has 1 rings (SSSR count). The van der Waals surface area contributed by atoms with Crippen LogP contribution in [0.1, 0.15) is 12.8 Å². The third kappa shape index (κ3) is 6.44. The zero-order chi connectivity index (χ0) is 14.7. The Morgan fingerprint density at radius 3 is 2.63 bits per heavy atom. The number of pyridine rings is 1. The molecule has 1 N–H and O–H groups in total. The van der Waals surface area contributed by atoms with Crippen molar-refractivity contribution in [3.8, 4) is 0 Å². The average molecular weight is 382 g/mol. The van der Waals surface area contributed by atoms with Gasteiger partial charge in [0.2, 0.25) is 10.0 Å². The molecule has 0 aliphatic heterocycles. The molecular formula is C9H9BrClF3N2O2S. The maximum atomic E-state index is 11.9. The van der Waals surface area contributed by atoms with Crippen LogP contribution in [0.4, 0.5) is 18.9 Å². The molecular weight excluding hydrogens is 373 g/mol. The predicted octanol–water partition coefficient (Wildman–Crippen LogP) is 3.58. The highest BCUT2D eigenvalue weighted by Crippen LogP contribution is 2.25. The zero-order valence-corrected chi connectivity index (χ0v) is 12.5. The minimum atomic E-state index is -4.37. The Balaban J connectivity index is 2.67. The summed E-state index contributed by atoms with van der Waals surface area (Å²) >= 11 is 8.75. The molecule has 0 radical (unpaired) electrons. The Bertz CT molecular complexity index is 551. The minimum Gasteiger partial charge on any atom is -0.280 e. The van der Waals surface area contributed by atoms with Gasteiger partial charge in [0.05, 0.1) is 11.4 Å². The van der Waals surface area contributed by atoms with Crippen molar-refractivity contribution in [1.82, 2.24) is 4.98 Å². The molecule has 0 saturated heterocycles. The number of sulfonamides is 1. The summed E-state index contributed by atoms with van der Waals surface area (Å²) in [5.74, 6) is -0.643. The number of nitrogens with one attached hydrogen (secondary N) is 1. The Morgan fingerprint density at radius 2 is 2.05 bits per heavy atom. The number of hydrogen-bond donors (Lipinski definition) is 1. The van der Waals surface area contributed by atoms with Crippen LogP contribution >= 0.6 is 27.5 Å². The summed E-state index contributed by atoms with van der Waals surface area (Å²) in [6.45, 7) is 0. The van der Waals surface area contributed by atoms with E-state index in [1.54, 1.807) is 0 Å². The van der Waals surface area contributed by atoms with Crippen LogP contribution in [0.5, 0.6) is 0 Å². The molecule has 0 saturated carbocycles. The lowest BCUT2D eigenvalue weighted by Gasteiger charge is -2.10. The van der Waals surface area contributed by atoms with E-state index in [4.69, 9.17) is 11.6 Å². The average Bonchev–Trinajstić information content (AvgIpc) is 2.20. The summed E-state index contributed by atoms with van der Waals surface area (Å²) < 4.78 is 61.5. The van der Waals surface area contributed by atoms with Gasteiger partial charge >= 0.3 is 6.18 Å². The Hall–Kier alpha value is -0.540. The lowest BCUT2D eigenvalue weighted by atomic mass is 10.3. The first-order chi connectivity index (χ1) is 8.59. The first-order valence-electron chi connectivity index (χ1n) is 4.97. The molecule has 1 aromatic heterocycles. The van der Waals surface area contributed by atoms with Gasteiger partial charge in [-0.2, -0.15) is 13.2 Å². The topological polar surface area (TPSA) is 59.1 Å². The van der Waals surface area contributed by atoms with E-state index < -0.39 is 34.8 Å². The molecule has 0 unspecified atom stereocenters. The Labute approximate surface area is 121 Å². The van der Waals surface area contributed by atoms with Gasteiger partial charge in [-0.25, -0.2) is 13.4 Å². The van der Waals surface area contributed by atoms with E-state index in [0.717, 1.165) is 0 Å². The van der Waals surface area contributed by atoms with Crippen molar-refractivity contribution < 1.29 is 21.6 Å². The van der Waals surface area contributed by atoms with Crippen molar-refractivity contribution in [2.45, 2.75) is 19.0 Å². The summed E-state index contributed by atoms with van der Waals surface area (Å²) in [5, 5.41) is -0.0809. The lowest BCUT2D eigenvalue weighted by molar-refractivity contribution is -0.134. The van der Waals surface area contributed by atoms with Gasteiger partial charge in [-0.1, -0.05) is 11.6 Å². The third-order valence-electron chi connectivity index (χ3n) is 1.94. The van der Waals surface area contributed by atoms with Crippen LogP contribution in [-0.2, 0) is 10.0 Å². The molecule has 0 fully saturated rings. The fourth-order valence-electron chi connectivity index (χ4n) is 1.18. The molecule has 1 heterocycles. The highest BCUT2D eigenvalue weighted by molar-refractivity contribution is 9.10. The van der Waals surface area contributed by atoms with Gasteiger partial charge < -0.3 is 0 Å². The maximum Gasteiger partial charge on any atom is 0.389 e. The standard InChI is InChI=1S/C9H9BrClF3N2O2S/c10-6-4-7(8(11)15-5-6)16-19(17,18)3-1-2-9(12,13)14/h4-5,16H,1-3H2. The fraction of sp³-hybridized carbons (Fsp3) is 0.444. The van der Waals surface area contributed by atoms with E-state index in [2.05, 4.69) is 25.6 Å². The monoisotopic (exact) mass is 380 g/mol. The number of hydrogen-bond acceptors (Lipinski definition) is 3. The van der Waals surface area contributed by atoms with Crippen molar-refractivity contribution in [2.75, 3.05) is 10.5 Å². The molecule has 10 heteroatoms. The summed E-state index contributed by atoms with van der Waals surface area (Å²) in [4.78, 5) is 3.69. The second kappa shape index (κ2) is 6.27. The number of aromatic nitrogens is 1. The number of alkyl halides is 3. The molecule has 0 bridgehead atoms. The van der Waals surface area contributed by atoms with Gasteiger partial charge in [0, 0.05) is 17.1 Å². The van der Waals surface area contributed by atoms with Gasteiger partial charge in [-0.15, -0.1) is 0 Å². The van der Waals surface area contributed by atoms with Crippen LogP contribution in [0.2, 0.25) is 5.15 Å². The van der Waals surface area contributed by atoms with Gasteiger partial charge in [0.25, 0.3) is 0 Å². The minimum absolute atomic E-state index is 0.0167. The van der Waals surface area contributed by atoms with Crippen LogP contribution < -0.4 is 4.72 Å². The molecule has 19 heavy (non-hydrogen) atoms. The predicted molar refractivity (Wildman–Crippen MR) is 69.6 cm³/mol. The summed E-state index contributed by atoms with van der Waals surface area (Å²) in [5.41, 5.74) is 0.0167. The molecule has 0 aromatic carbocycles. The maximum absolute atomic E-state index is 11.9. The lowest BCUT2D eigenvalue weighted by Crippen LogP contribution is -2.19. The Kier molecular flexibility index (Phi) is 5.45. The Morgan fingerprint density at radius 1 is 1.42 bits per heavy atom. The van der Waals surface area contributed by atoms with E-state index in [1.165, 1.54) is 12.3 Å². The third-order valence-corrected chi connectivity index (χ3v) is 4.04. The van der Waals surface area contributed by atoms with E-state index in [9.17, 15) is 21.6 Å². The fourth-order valence-corrected chi connectivity index (χ4v) is 2.83. The summed E-state index contributed by atoms with van der Waals surface area (Å²) in [6.07, 6.45) is -4.68. The first kappa shape index (κ1) is 16.5. The number of rotatable bonds is 5. The van der Waals surface area contributed by atoms with Crippen LogP contribution in [0.15, 0.2) is 16.7 Å². The van der Waals surface area contributed by atoms with Crippen molar-refractivity contribution in [2.24, 2.45) is 0 Å². The second-order valence-electron chi connectivity index (χ2n) is 3.63.